The van der Waals surface area contributed by atoms with Crippen molar-refractivity contribution in [2.24, 2.45) is 0 Å². The molecule has 1 aliphatic heterocycles. The number of hydrogen-bond donors (Lipinski definition) is 1. The summed E-state index contributed by atoms with van der Waals surface area (Å²) in [5, 5.41) is 3.16. The summed E-state index contributed by atoms with van der Waals surface area (Å²) in [5.41, 5.74) is 0.705. The third kappa shape index (κ3) is 4.29. The molecule has 1 N–H and O–H groups in total. The fourth-order valence-corrected chi connectivity index (χ4v) is 3.69. The first-order valence-electron chi connectivity index (χ1n) is 10.0. The maximum atomic E-state index is 13.1. The lowest BCUT2D eigenvalue weighted by Crippen LogP contribution is -2.47. The van der Waals surface area contributed by atoms with Gasteiger partial charge in [0.15, 0.2) is 6.10 Å². The summed E-state index contributed by atoms with van der Waals surface area (Å²) in [6.45, 7) is 6.12. The van der Waals surface area contributed by atoms with E-state index in [1.165, 1.54) is 24.3 Å². The van der Waals surface area contributed by atoms with Crippen LogP contribution >= 0.6 is 0 Å². The number of hydrogen-bond acceptors (Lipinski definition) is 3. The van der Waals surface area contributed by atoms with Gasteiger partial charge in [-0.2, -0.15) is 0 Å². The van der Waals surface area contributed by atoms with Gasteiger partial charge in [0.2, 0.25) is 0 Å². The molecule has 0 bridgehead atoms. The summed E-state index contributed by atoms with van der Waals surface area (Å²) in [7, 11) is 0. The lowest BCUT2D eigenvalue weighted by molar-refractivity contribution is -0.129. The van der Waals surface area contributed by atoms with Gasteiger partial charge in [0.05, 0.1) is 6.04 Å². The van der Waals surface area contributed by atoms with Crippen LogP contribution in [-0.2, 0) is 4.79 Å². The SMILES string of the molecule is CC[C@H](Oc1ccc(F)cc1)C(=O)N[C@H]1CC(CC)(CC)Oc2ccccc21. The number of carbonyl (C=O) groups excluding carboxylic acids is 1. The Balaban J connectivity index is 1.78. The van der Waals surface area contributed by atoms with Crippen molar-refractivity contribution in [2.45, 2.75) is 64.2 Å². The lowest BCUT2D eigenvalue weighted by atomic mass is 9.83. The maximum absolute atomic E-state index is 13.1. The van der Waals surface area contributed by atoms with Gasteiger partial charge in [0, 0.05) is 12.0 Å². The second-order valence-electron chi connectivity index (χ2n) is 7.26. The van der Waals surface area contributed by atoms with Crippen molar-refractivity contribution >= 4 is 5.91 Å². The van der Waals surface area contributed by atoms with Gasteiger partial charge in [-0.1, -0.05) is 39.0 Å². The third-order valence-electron chi connectivity index (χ3n) is 5.56. The van der Waals surface area contributed by atoms with Crippen molar-refractivity contribution < 1.29 is 18.7 Å². The molecule has 0 aromatic heterocycles. The molecule has 0 aliphatic carbocycles. The summed E-state index contributed by atoms with van der Waals surface area (Å²) in [5.74, 6) is 0.802. The zero-order chi connectivity index (χ0) is 20.1. The molecule has 0 fully saturated rings. The Labute approximate surface area is 166 Å². The van der Waals surface area contributed by atoms with E-state index in [2.05, 4.69) is 19.2 Å². The number of halogens is 1. The van der Waals surface area contributed by atoms with E-state index in [4.69, 9.17) is 9.47 Å². The van der Waals surface area contributed by atoms with Crippen LogP contribution in [0.4, 0.5) is 4.39 Å². The first-order chi connectivity index (χ1) is 13.5. The van der Waals surface area contributed by atoms with E-state index in [0.717, 1.165) is 30.6 Å². The van der Waals surface area contributed by atoms with Crippen molar-refractivity contribution in [3.8, 4) is 11.5 Å². The maximum Gasteiger partial charge on any atom is 0.261 e. The van der Waals surface area contributed by atoms with Crippen LogP contribution in [0.2, 0.25) is 0 Å². The van der Waals surface area contributed by atoms with Crippen LogP contribution < -0.4 is 14.8 Å². The van der Waals surface area contributed by atoms with E-state index in [-0.39, 0.29) is 23.4 Å². The molecule has 3 rings (SSSR count). The molecule has 1 amide bonds. The van der Waals surface area contributed by atoms with Gasteiger partial charge in [0.25, 0.3) is 5.91 Å². The molecule has 150 valence electrons. The third-order valence-corrected chi connectivity index (χ3v) is 5.56. The Morgan fingerprint density at radius 3 is 2.50 bits per heavy atom. The molecule has 4 nitrogen and oxygen atoms in total. The Bertz CT molecular complexity index is 802. The number of amides is 1. The number of carbonyl (C=O) groups is 1. The van der Waals surface area contributed by atoms with Gasteiger partial charge in [-0.05, 0) is 49.6 Å². The van der Waals surface area contributed by atoms with Crippen molar-refractivity contribution in [3.63, 3.8) is 0 Å². The molecule has 0 unspecified atom stereocenters. The van der Waals surface area contributed by atoms with E-state index in [1.807, 2.05) is 31.2 Å². The molecule has 1 heterocycles. The highest BCUT2D eigenvalue weighted by atomic mass is 19.1. The Kier molecular flexibility index (Phi) is 6.22. The topological polar surface area (TPSA) is 47.6 Å². The molecule has 28 heavy (non-hydrogen) atoms. The number of rotatable bonds is 7. The predicted molar refractivity (Wildman–Crippen MR) is 107 cm³/mol. The van der Waals surface area contributed by atoms with Crippen molar-refractivity contribution in [1.29, 1.82) is 0 Å². The quantitative estimate of drug-likeness (QED) is 0.714. The van der Waals surface area contributed by atoms with E-state index in [9.17, 15) is 9.18 Å². The lowest BCUT2D eigenvalue weighted by Gasteiger charge is -2.42. The fourth-order valence-electron chi connectivity index (χ4n) is 3.69. The molecule has 5 heteroatoms. The average Bonchev–Trinajstić information content (AvgIpc) is 2.73. The smallest absolute Gasteiger partial charge is 0.261 e. The number of fused-ring (bicyclic) bond motifs is 1. The number of ether oxygens (including phenoxy) is 2. The number of nitrogens with one attached hydrogen (secondary N) is 1. The van der Waals surface area contributed by atoms with E-state index < -0.39 is 6.10 Å². The van der Waals surface area contributed by atoms with E-state index >= 15 is 0 Å². The summed E-state index contributed by atoms with van der Waals surface area (Å²) in [4.78, 5) is 13.0. The van der Waals surface area contributed by atoms with Gasteiger partial charge in [-0.25, -0.2) is 4.39 Å². The Morgan fingerprint density at radius 2 is 1.86 bits per heavy atom. The minimum absolute atomic E-state index is 0.136. The minimum atomic E-state index is -0.641. The predicted octanol–water partition coefficient (Wildman–Crippen LogP) is 5.18. The number of para-hydroxylation sites is 1. The Morgan fingerprint density at radius 1 is 1.18 bits per heavy atom. The van der Waals surface area contributed by atoms with Gasteiger partial charge in [0.1, 0.15) is 22.9 Å². The molecule has 0 radical (unpaired) electrons. The van der Waals surface area contributed by atoms with Crippen molar-refractivity contribution in [2.75, 3.05) is 0 Å². The molecule has 2 aromatic rings. The van der Waals surface area contributed by atoms with Crippen LogP contribution in [0.25, 0.3) is 0 Å². The van der Waals surface area contributed by atoms with Gasteiger partial charge in [-0.3, -0.25) is 4.79 Å². The first-order valence-corrected chi connectivity index (χ1v) is 10.0. The van der Waals surface area contributed by atoms with Crippen LogP contribution in [0.15, 0.2) is 48.5 Å². The normalized spacial score (nSPS) is 18.5. The van der Waals surface area contributed by atoms with Crippen LogP contribution in [0, 0.1) is 5.82 Å². The van der Waals surface area contributed by atoms with Gasteiger partial charge < -0.3 is 14.8 Å². The molecule has 1 aliphatic rings. The molecular formula is C23H28FNO3. The largest absolute Gasteiger partial charge is 0.487 e. The van der Waals surface area contributed by atoms with Crippen molar-refractivity contribution in [1.82, 2.24) is 5.32 Å². The highest BCUT2D eigenvalue weighted by molar-refractivity contribution is 5.81. The van der Waals surface area contributed by atoms with Crippen LogP contribution in [-0.4, -0.2) is 17.6 Å². The second kappa shape index (κ2) is 8.63. The molecular weight excluding hydrogens is 357 g/mol. The summed E-state index contributed by atoms with van der Waals surface area (Å²) >= 11 is 0. The molecule has 0 saturated carbocycles. The van der Waals surface area contributed by atoms with Gasteiger partial charge >= 0.3 is 0 Å². The summed E-state index contributed by atoms with van der Waals surface area (Å²) < 4.78 is 25.2. The van der Waals surface area contributed by atoms with Crippen molar-refractivity contribution in [3.05, 3.63) is 59.9 Å². The highest BCUT2D eigenvalue weighted by Gasteiger charge is 2.39. The summed E-state index contributed by atoms with van der Waals surface area (Å²) in [6, 6.07) is 13.4. The monoisotopic (exact) mass is 385 g/mol. The second-order valence-corrected chi connectivity index (χ2v) is 7.26. The van der Waals surface area contributed by atoms with Crippen LogP contribution in [0.1, 0.15) is 58.1 Å². The first kappa shape index (κ1) is 20.2. The zero-order valence-corrected chi connectivity index (χ0v) is 16.7. The summed E-state index contributed by atoms with van der Waals surface area (Å²) in [6.07, 6.45) is 2.33. The molecule has 0 saturated heterocycles. The van der Waals surface area contributed by atoms with E-state index in [0.29, 0.717) is 12.2 Å². The average molecular weight is 385 g/mol. The molecule has 2 aromatic carbocycles. The Hall–Kier alpha value is -2.56. The van der Waals surface area contributed by atoms with Crippen LogP contribution in [0.3, 0.4) is 0 Å². The highest BCUT2D eigenvalue weighted by Crippen LogP contribution is 2.42. The zero-order valence-electron chi connectivity index (χ0n) is 16.7. The van der Waals surface area contributed by atoms with Crippen LogP contribution in [0.5, 0.6) is 11.5 Å². The molecule has 0 spiro atoms. The molecule has 2 atom stereocenters. The fraction of sp³-hybridized carbons (Fsp3) is 0.435. The standard InChI is InChI=1S/C23H28FNO3/c1-4-20(27-17-13-11-16(24)12-14-17)22(26)25-19-15-23(5-2,6-3)28-21-10-8-7-9-18(19)21/h7-14,19-20H,4-6,15H2,1-3H3,(H,25,26)/t19-,20-/m0/s1. The minimum Gasteiger partial charge on any atom is -0.487 e. The van der Waals surface area contributed by atoms with Gasteiger partial charge in [-0.15, -0.1) is 0 Å². The van der Waals surface area contributed by atoms with E-state index in [1.54, 1.807) is 0 Å². The number of benzene rings is 2.